The van der Waals surface area contributed by atoms with Crippen molar-refractivity contribution in [1.29, 1.82) is 0 Å². The van der Waals surface area contributed by atoms with Gasteiger partial charge in [0.2, 0.25) is 0 Å². The van der Waals surface area contributed by atoms with E-state index in [1.807, 2.05) is 6.07 Å². The van der Waals surface area contributed by atoms with Crippen molar-refractivity contribution in [2.24, 2.45) is 11.8 Å². The first kappa shape index (κ1) is 15.8. The molecule has 2 rings (SSSR count). The summed E-state index contributed by atoms with van der Waals surface area (Å²) >= 11 is 3.60. The molecule has 1 atom stereocenters. The zero-order valence-corrected chi connectivity index (χ0v) is 14.4. The monoisotopic (exact) mass is 339 g/mol. The van der Waals surface area contributed by atoms with Gasteiger partial charge in [-0.1, -0.05) is 42.6 Å². The van der Waals surface area contributed by atoms with Crippen molar-refractivity contribution < 1.29 is 4.74 Å². The van der Waals surface area contributed by atoms with Gasteiger partial charge < -0.3 is 10.1 Å². The average Bonchev–Trinajstić information content (AvgIpc) is 2.46. The summed E-state index contributed by atoms with van der Waals surface area (Å²) in [5.74, 6) is 2.60. The third kappa shape index (κ3) is 3.76. The maximum absolute atomic E-state index is 5.58. The van der Waals surface area contributed by atoms with Crippen LogP contribution in [0, 0.1) is 11.8 Å². The molecule has 0 aromatic heterocycles. The molecule has 0 saturated heterocycles. The van der Waals surface area contributed by atoms with Crippen molar-refractivity contribution in [2.75, 3.05) is 13.7 Å². The van der Waals surface area contributed by atoms with E-state index in [0.717, 1.165) is 22.7 Å². The third-order valence-corrected chi connectivity index (χ3v) is 4.98. The van der Waals surface area contributed by atoms with Crippen LogP contribution in [0.5, 0.6) is 5.75 Å². The zero-order valence-electron chi connectivity index (χ0n) is 12.8. The molecule has 1 N–H and O–H groups in total. The summed E-state index contributed by atoms with van der Waals surface area (Å²) in [4.78, 5) is 0. The Hall–Kier alpha value is -0.540. The highest BCUT2D eigenvalue weighted by Gasteiger charge is 2.28. The smallest absolute Gasteiger partial charge is 0.123 e. The van der Waals surface area contributed by atoms with Crippen molar-refractivity contribution >= 4 is 15.9 Å². The highest BCUT2D eigenvalue weighted by molar-refractivity contribution is 9.10. The second-order valence-corrected chi connectivity index (χ2v) is 6.86. The lowest BCUT2D eigenvalue weighted by molar-refractivity contribution is 0.230. The maximum Gasteiger partial charge on any atom is 0.123 e. The van der Waals surface area contributed by atoms with Gasteiger partial charge in [-0.15, -0.1) is 0 Å². The Bertz CT molecular complexity index is 427. The predicted octanol–water partition coefficient (Wildman–Crippen LogP) is 4.93. The summed E-state index contributed by atoms with van der Waals surface area (Å²) < 4.78 is 6.70. The first-order valence-electron chi connectivity index (χ1n) is 7.72. The standard InChI is InChI=1S/C17H26BrNO/c1-4-19-17(13-7-5-12(2)6-8-13)15-11-14(18)9-10-16(15)20-3/h9-13,17,19H,4-8H2,1-3H3. The number of rotatable bonds is 5. The van der Waals surface area contributed by atoms with Gasteiger partial charge in [0.15, 0.2) is 0 Å². The van der Waals surface area contributed by atoms with Crippen LogP contribution >= 0.6 is 15.9 Å². The van der Waals surface area contributed by atoms with Gasteiger partial charge in [0, 0.05) is 16.1 Å². The maximum atomic E-state index is 5.58. The van der Waals surface area contributed by atoms with E-state index in [-0.39, 0.29) is 0 Å². The Labute approximate surface area is 131 Å². The van der Waals surface area contributed by atoms with Crippen LogP contribution in [0.3, 0.4) is 0 Å². The molecule has 0 heterocycles. The Morgan fingerprint density at radius 1 is 1.30 bits per heavy atom. The molecule has 0 amide bonds. The largest absolute Gasteiger partial charge is 0.496 e. The first-order chi connectivity index (χ1) is 9.65. The summed E-state index contributed by atoms with van der Waals surface area (Å²) in [6, 6.07) is 6.73. The lowest BCUT2D eigenvalue weighted by Crippen LogP contribution is -2.31. The number of halogens is 1. The fraction of sp³-hybridized carbons (Fsp3) is 0.647. The van der Waals surface area contributed by atoms with Gasteiger partial charge in [0.1, 0.15) is 5.75 Å². The lowest BCUT2D eigenvalue weighted by atomic mass is 9.77. The van der Waals surface area contributed by atoms with Gasteiger partial charge in [0.05, 0.1) is 7.11 Å². The second-order valence-electron chi connectivity index (χ2n) is 5.94. The van der Waals surface area contributed by atoms with Gasteiger partial charge in [-0.25, -0.2) is 0 Å². The fourth-order valence-corrected chi connectivity index (χ4v) is 3.70. The van der Waals surface area contributed by atoms with Gasteiger partial charge in [0.25, 0.3) is 0 Å². The van der Waals surface area contributed by atoms with Crippen molar-refractivity contribution in [3.05, 3.63) is 28.2 Å². The molecule has 3 heteroatoms. The molecular formula is C17H26BrNO. The number of hydrogen-bond acceptors (Lipinski definition) is 2. The predicted molar refractivity (Wildman–Crippen MR) is 88.2 cm³/mol. The molecule has 0 aliphatic heterocycles. The summed E-state index contributed by atoms with van der Waals surface area (Å²) in [5.41, 5.74) is 1.29. The summed E-state index contributed by atoms with van der Waals surface area (Å²) in [5, 5.41) is 3.68. The van der Waals surface area contributed by atoms with Crippen molar-refractivity contribution in [3.8, 4) is 5.75 Å². The Morgan fingerprint density at radius 2 is 2.00 bits per heavy atom. The van der Waals surface area contributed by atoms with E-state index >= 15 is 0 Å². The fourth-order valence-electron chi connectivity index (χ4n) is 3.32. The van der Waals surface area contributed by atoms with E-state index in [0.29, 0.717) is 12.0 Å². The van der Waals surface area contributed by atoms with E-state index in [9.17, 15) is 0 Å². The molecule has 1 aromatic carbocycles. The van der Waals surface area contributed by atoms with Crippen molar-refractivity contribution in [2.45, 2.75) is 45.6 Å². The third-order valence-electron chi connectivity index (χ3n) is 4.48. The molecule has 0 bridgehead atoms. The molecule has 1 saturated carbocycles. The van der Waals surface area contributed by atoms with Crippen LogP contribution in [0.15, 0.2) is 22.7 Å². The number of benzene rings is 1. The molecule has 1 fully saturated rings. The van der Waals surface area contributed by atoms with E-state index in [4.69, 9.17) is 4.74 Å². The molecular weight excluding hydrogens is 314 g/mol. The molecule has 20 heavy (non-hydrogen) atoms. The van der Waals surface area contributed by atoms with Crippen LogP contribution in [-0.2, 0) is 0 Å². The van der Waals surface area contributed by atoms with E-state index in [1.165, 1.54) is 31.2 Å². The SMILES string of the molecule is CCNC(c1cc(Br)ccc1OC)C1CCC(C)CC1. The average molecular weight is 340 g/mol. The number of methoxy groups -OCH3 is 1. The number of nitrogens with one attached hydrogen (secondary N) is 1. The molecule has 2 nitrogen and oxygen atoms in total. The molecule has 1 aliphatic rings. The summed E-state index contributed by atoms with van der Waals surface area (Å²) in [7, 11) is 1.76. The Kier molecular flexibility index (Phi) is 5.91. The van der Waals surface area contributed by atoms with Crippen LogP contribution < -0.4 is 10.1 Å². The second kappa shape index (κ2) is 7.46. The van der Waals surface area contributed by atoms with E-state index < -0.39 is 0 Å². The van der Waals surface area contributed by atoms with Crippen LogP contribution in [-0.4, -0.2) is 13.7 Å². The minimum Gasteiger partial charge on any atom is -0.496 e. The highest BCUT2D eigenvalue weighted by atomic mass is 79.9. The van der Waals surface area contributed by atoms with Crippen molar-refractivity contribution in [1.82, 2.24) is 5.32 Å². The Balaban J connectivity index is 2.25. The summed E-state index contributed by atoms with van der Waals surface area (Å²) in [6.07, 6.45) is 5.33. The molecule has 1 aliphatic carbocycles. The van der Waals surface area contributed by atoms with E-state index in [2.05, 4.69) is 47.2 Å². The van der Waals surface area contributed by atoms with Crippen molar-refractivity contribution in [3.63, 3.8) is 0 Å². The summed E-state index contributed by atoms with van der Waals surface area (Å²) in [6.45, 7) is 5.55. The van der Waals surface area contributed by atoms with Gasteiger partial charge >= 0.3 is 0 Å². The number of hydrogen-bond donors (Lipinski definition) is 1. The zero-order chi connectivity index (χ0) is 14.5. The van der Waals surface area contributed by atoms with Crippen LogP contribution in [0.4, 0.5) is 0 Å². The topological polar surface area (TPSA) is 21.3 Å². The normalized spacial score (nSPS) is 24.4. The van der Waals surface area contributed by atoms with Gasteiger partial charge in [-0.2, -0.15) is 0 Å². The highest BCUT2D eigenvalue weighted by Crippen LogP contribution is 2.40. The minimum absolute atomic E-state index is 0.403. The molecule has 1 aromatic rings. The van der Waals surface area contributed by atoms with Gasteiger partial charge in [-0.05, 0) is 49.4 Å². The van der Waals surface area contributed by atoms with Crippen LogP contribution in [0.25, 0.3) is 0 Å². The molecule has 112 valence electrons. The van der Waals surface area contributed by atoms with Gasteiger partial charge in [-0.3, -0.25) is 0 Å². The molecule has 0 radical (unpaired) electrons. The van der Waals surface area contributed by atoms with E-state index in [1.54, 1.807) is 7.11 Å². The molecule has 0 spiro atoms. The minimum atomic E-state index is 0.403. The number of ether oxygens (including phenoxy) is 1. The quantitative estimate of drug-likeness (QED) is 0.820. The first-order valence-corrected chi connectivity index (χ1v) is 8.51. The lowest BCUT2D eigenvalue weighted by Gasteiger charge is -2.34. The molecule has 1 unspecified atom stereocenters. The van der Waals surface area contributed by atoms with Crippen LogP contribution in [0.2, 0.25) is 0 Å². The Morgan fingerprint density at radius 3 is 2.60 bits per heavy atom. The van der Waals surface area contributed by atoms with Crippen LogP contribution in [0.1, 0.15) is 51.1 Å².